The van der Waals surface area contributed by atoms with Crippen LogP contribution in [0, 0.1) is 0 Å². The number of hydrogen-bond acceptors (Lipinski definition) is 0. The summed E-state index contributed by atoms with van der Waals surface area (Å²) in [6.45, 7) is 0. The Bertz CT molecular complexity index is 3460. The summed E-state index contributed by atoms with van der Waals surface area (Å²) in [5.41, 5.74) is 10.8. The van der Waals surface area contributed by atoms with E-state index in [9.17, 15) is 0 Å². The molecule has 12 aromatic rings. The molecule has 0 aliphatic carbocycles. The molecule has 0 saturated heterocycles. The highest BCUT2D eigenvalue weighted by atomic mass is 15.0. The van der Waals surface area contributed by atoms with Crippen molar-refractivity contribution in [2.24, 2.45) is 0 Å². The number of para-hydroxylation sites is 7. The predicted molar refractivity (Wildman–Crippen MR) is 217 cm³/mol. The van der Waals surface area contributed by atoms with Crippen molar-refractivity contribution in [2.45, 2.75) is 0 Å². The van der Waals surface area contributed by atoms with Gasteiger partial charge in [0.1, 0.15) is 0 Å². The predicted octanol–water partition coefficient (Wildman–Crippen LogP) is 12.8. The van der Waals surface area contributed by atoms with Crippen LogP contribution in [-0.4, -0.2) is 13.4 Å². The summed E-state index contributed by atoms with van der Waals surface area (Å²) in [7, 11) is 0. The molecule has 236 valence electrons. The van der Waals surface area contributed by atoms with Crippen LogP contribution >= 0.6 is 0 Å². The Hall–Kier alpha value is -6.84. The van der Waals surface area contributed by atoms with Gasteiger partial charge in [-0.05, 0) is 48.5 Å². The van der Waals surface area contributed by atoms with Crippen molar-refractivity contribution >= 4 is 98.0 Å². The minimum absolute atomic E-state index is 1.16. The lowest BCUT2D eigenvalue weighted by Gasteiger charge is -2.12. The van der Waals surface area contributed by atoms with Crippen LogP contribution in [0.25, 0.3) is 104 Å². The smallest absolute Gasteiger partial charge is 0.0620 e. The Morgan fingerprint density at radius 2 is 0.627 bits per heavy atom. The van der Waals surface area contributed by atoms with E-state index in [1.54, 1.807) is 0 Å². The average Bonchev–Trinajstić information content (AvgIpc) is 3.84. The van der Waals surface area contributed by atoms with Gasteiger partial charge in [-0.3, -0.25) is 0 Å². The summed E-state index contributed by atoms with van der Waals surface area (Å²) >= 11 is 0. The molecule has 0 N–H and O–H groups in total. The molecule has 0 aliphatic heterocycles. The number of fused-ring (bicyclic) bond motifs is 16. The fourth-order valence-corrected chi connectivity index (χ4v) is 9.22. The van der Waals surface area contributed by atoms with Crippen LogP contribution in [0.15, 0.2) is 176 Å². The second-order valence-electron chi connectivity index (χ2n) is 13.7. The molecular formula is C48H29N3. The third-order valence-electron chi connectivity index (χ3n) is 11.2. The van der Waals surface area contributed by atoms with Gasteiger partial charge >= 0.3 is 0 Å². The Kier molecular flexibility index (Phi) is 5.23. The molecular weight excluding hydrogens is 619 g/mol. The summed E-state index contributed by atoms with van der Waals surface area (Å²) < 4.78 is 7.52. The van der Waals surface area contributed by atoms with Crippen molar-refractivity contribution in [3.8, 4) is 5.69 Å². The molecule has 12 rings (SSSR count). The number of aromatic nitrogens is 3. The van der Waals surface area contributed by atoms with Gasteiger partial charge in [-0.1, -0.05) is 127 Å². The van der Waals surface area contributed by atoms with E-state index in [2.05, 4.69) is 189 Å². The van der Waals surface area contributed by atoms with Crippen molar-refractivity contribution in [1.82, 2.24) is 13.4 Å². The lowest BCUT2D eigenvalue weighted by molar-refractivity contribution is 1.18. The van der Waals surface area contributed by atoms with E-state index in [-0.39, 0.29) is 0 Å². The molecule has 0 fully saturated rings. The quantitative estimate of drug-likeness (QED) is 0.168. The highest BCUT2D eigenvalue weighted by Gasteiger charge is 2.21. The first kappa shape index (κ1) is 27.0. The lowest BCUT2D eigenvalue weighted by atomic mass is 10.0. The maximum absolute atomic E-state index is 2.55. The highest BCUT2D eigenvalue weighted by molar-refractivity contribution is 6.31. The number of hydrogen-bond donors (Lipinski definition) is 0. The lowest BCUT2D eigenvalue weighted by Crippen LogP contribution is -1.94. The third-order valence-corrected chi connectivity index (χ3v) is 11.2. The summed E-state index contributed by atoms with van der Waals surface area (Å²) in [5, 5.41) is 12.4. The maximum Gasteiger partial charge on any atom is 0.0620 e. The molecule has 4 aromatic heterocycles. The average molecular weight is 648 g/mol. The van der Waals surface area contributed by atoms with E-state index < -0.39 is 0 Å². The second-order valence-corrected chi connectivity index (χ2v) is 13.7. The minimum Gasteiger partial charge on any atom is -0.309 e. The van der Waals surface area contributed by atoms with Gasteiger partial charge in [0, 0.05) is 59.5 Å². The maximum atomic E-state index is 2.55. The summed E-state index contributed by atoms with van der Waals surface area (Å²) in [6.07, 6.45) is 0. The van der Waals surface area contributed by atoms with Gasteiger partial charge in [-0.25, -0.2) is 0 Å². The SMILES string of the molecule is c1ccc(-n2c3ccccc3c3c4c5cccc6c7ccccc7n(c7ccccc7c7cccc8c9ccccc9n(c4ccc32)c78)c65)cc1. The van der Waals surface area contributed by atoms with Crippen molar-refractivity contribution in [2.75, 3.05) is 0 Å². The molecule has 51 heavy (non-hydrogen) atoms. The molecule has 0 unspecified atom stereocenters. The second kappa shape index (κ2) is 9.87. The molecule has 0 radical (unpaired) electrons. The van der Waals surface area contributed by atoms with Crippen LogP contribution in [0.3, 0.4) is 0 Å². The fourth-order valence-electron chi connectivity index (χ4n) is 9.22. The van der Waals surface area contributed by atoms with E-state index >= 15 is 0 Å². The molecule has 0 aliphatic rings. The van der Waals surface area contributed by atoms with Crippen LogP contribution < -0.4 is 0 Å². The van der Waals surface area contributed by atoms with Gasteiger partial charge in [0.25, 0.3) is 0 Å². The van der Waals surface area contributed by atoms with E-state index in [0.717, 1.165) is 5.69 Å². The van der Waals surface area contributed by atoms with Crippen molar-refractivity contribution in [3.63, 3.8) is 0 Å². The first-order chi connectivity index (χ1) is 25.4. The van der Waals surface area contributed by atoms with Crippen LogP contribution in [0.1, 0.15) is 0 Å². The van der Waals surface area contributed by atoms with Gasteiger partial charge in [0.2, 0.25) is 0 Å². The van der Waals surface area contributed by atoms with E-state index in [4.69, 9.17) is 0 Å². The van der Waals surface area contributed by atoms with Gasteiger partial charge in [-0.15, -0.1) is 0 Å². The van der Waals surface area contributed by atoms with Crippen molar-refractivity contribution in [3.05, 3.63) is 176 Å². The summed E-state index contributed by atoms with van der Waals surface area (Å²) in [6, 6.07) is 64.9. The molecule has 0 amide bonds. The van der Waals surface area contributed by atoms with Gasteiger partial charge < -0.3 is 13.4 Å². The number of benzene rings is 8. The summed E-state index contributed by atoms with van der Waals surface area (Å²) in [5.74, 6) is 0. The standard InChI is InChI=1S/C48H29N3/c1-2-14-30(15-3-1)49-42-27-11-7-19-37(42)45-43(49)28-29-44-46(45)38-23-13-22-36-33-18-5-9-25-40(33)50(48(36)38)39-24-8-4-16-31(39)34-20-12-21-35-32-17-6-10-26-41(32)51(44)47(34)35/h1-29H. The Labute approximate surface area is 292 Å². The normalized spacial score (nSPS) is 12.3. The Morgan fingerprint density at radius 3 is 1.22 bits per heavy atom. The zero-order chi connectivity index (χ0) is 33.2. The zero-order valence-electron chi connectivity index (χ0n) is 27.6. The zero-order valence-corrected chi connectivity index (χ0v) is 27.6. The monoisotopic (exact) mass is 647 g/mol. The molecule has 8 aromatic carbocycles. The molecule has 3 nitrogen and oxygen atoms in total. The Balaban J connectivity index is 1.54. The molecule has 0 bridgehead atoms. The first-order valence-corrected chi connectivity index (χ1v) is 17.6. The Morgan fingerprint density at radius 1 is 0.235 bits per heavy atom. The van der Waals surface area contributed by atoms with Crippen LogP contribution in [0.2, 0.25) is 0 Å². The molecule has 4 heterocycles. The van der Waals surface area contributed by atoms with E-state index in [1.165, 1.54) is 98.0 Å². The summed E-state index contributed by atoms with van der Waals surface area (Å²) in [4.78, 5) is 0. The van der Waals surface area contributed by atoms with Crippen LogP contribution in [-0.2, 0) is 0 Å². The molecule has 0 spiro atoms. The topological polar surface area (TPSA) is 13.8 Å². The first-order valence-electron chi connectivity index (χ1n) is 17.6. The number of rotatable bonds is 1. The van der Waals surface area contributed by atoms with E-state index in [0.29, 0.717) is 0 Å². The van der Waals surface area contributed by atoms with Gasteiger partial charge in [0.05, 0.1) is 44.1 Å². The van der Waals surface area contributed by atoms with Crippen molar-refractivity contribution in [1.29, 1.82) is 0 Å². The van der Waals surface area contributed by atoms with Gasteiger partial charge in [0.15, 0.2) is 0 Å². The van der Waals surface area contributed by atoms with Gasteiger partial charge in [-0.2, -0.15) is 0 Å². The highest BCUT2D eigenvalue weighted by Crippen LogP contribution is 2.44. The van der Waals surface area contributed by atoms with Crippen LogP contribution in [0.5, 0.6) is 0 Å². The van der Waals surface area contributed by atoms with Crippen LogP contribution in [0.4, 0.5) is 0 Å². The third kappa shape index (κ3) is 3.42. The van der Waals surface area contributed by atoms with E-state index in [1.807, 2.05) is 0 Å². The molecule has 0 atom stereocenters. The molecule has 3 heteroatoms. The largest absolute Gasteiger partial charge is 0.309 e. The fraction of sp³-hybridized carbons (Fsp3) is 0. The minimum atomic E-state index is 1.16. The number of nitrogens with zero attached hydrogens (tertiary/aromatic N) is 3. The molecule has 0 saturated carbocycles. The van der Waals surface area contributed by atoms with Crippen molar-refractivity contribution < 1.29 is 0 Å².